The maximum atomic E-state index is 5.89. The third kappa shape index (κ3) is 4.22. The fourth-order valence-corrected chi connectivity index (χ4v) is 2.48. The topological polar surface area (TPSA) is 47.3 Å². The quantitative estimate of drug-likeness (QED) is 0.813. The minimum Gasteiger partial charge on any atom is -0.493 e. The Hall–Kier alpha value is -1.22. The van der Waals surface area contributed by atoms with E-state index in [0.29, 0.717) is 6.54 Å². The van der Waals surface area contributed by atoms with Crippen LogP contribution in [0.5, 0.6) is 5.75 Å². The standard InChI is InChI=1S/C15H24N2O/c16-9-10-17-14-7-4-8-15(11-14)18-12-13-5-2-1-3-6-13/h4,7-8,11,13,17H,1-3,5-6,9-10,12,16H2. The van der Waals surface area contributed by atoms with Gasteiger partial charge in [-0.3, -0.25) is 0 Å². The van der Waals surface area contributed by atoms with Crippen molar-refractivity contribution < 1.29 is 4.74 Å². The van der Waals surface area contributed by atoms with Crippen molar-refractivity contribution in [2.24, 2.45) is 11.7 Å². The molecule has 0 spiro atoms. The van der Waals surface area contributed by atoms with Crippen LogP contribution in [0.4, 0.5) is 5.69 Å². The summed E-state index contributed by atoms with van der Waals surface area (Å²) in [6.07, 6.45) is 6.78. The maximum Gasteiger partial charge on any atom is 0.121 e. The summed E-state index contributed by atoms with van der Waals surface area (Å²) in [6, 6.07) is 8.15. The van der Waals surface area contributed by atoms with Crippen LogP contribution in [0.15, 0.2) is 24.3 Å². The van der Waals surface area contributed by atoms with Gasteiger partial charge in [0.05, 0.1) is 6.61 Å². The van der Waals surface area contributed by atoms with Gasteiger partial charge >= 0.3 is 0 Å². The summed E-state index contributed by atoms with van der Waals surface area (Å²) in [6.45, 7) is 2.31. The molecule has 1 saturated carbocycles. The van der Waals surface area contributed by atoms with Crippen molar-refractivity contribution in [2.75, 3.05) is 25.0 Å². The lowest BCUT2D eigenvalue weighted by Gasteiger charge is -2.21. The van der Waals surface area contributed by atoms with Gasteiger partial charge in [-0.25, -0.2) is 0 Å². The number of nitrogens with one attached hydrogen (secondary N) is 1. The molecule has 0 amide bonds. The van der Waals surface area contributed by atoms with Gasteiger partial charge in [0.15, 0.2) is 0 Å². The molecule has 1 aliphatic carbocycles. The van der Waals surface area contributed by atoms with Crippen LogP contribution < -0.4 is 15.8 Å². The van der Waals surface area contributed by atoms with Crippen molar-refractivity contribution in [2.45, 2.75) is 32.1 Å². The highest BCUT2D eigenvalue weighted by molar-refractivity contribution is 5.48. The van der Waals surface area contributed by atoms with Gasteiger partial charge in [-0.05, 0) is 30.9 Å². The Balaban J connectivity index is 1.80. The van der Waals surface area contributed by atoms with Crippen molar-refractivity contribution in [1.29, 1.82) is 0 Å². The molecular formula is C15H24N2O. The minimum absolute atomic E-state index is 0.646. The molecule has 1 fully saturated rings. The van der Waals surface area contributed by atoms with Crippen molar-refractivity contribution in [1.82, 2.24) is 0 Å². The predicted molar refractivity (Wildman–Crippen MR) is 76.1 cm³/mol. The van der Waals surface area contributed by atoms with E-state index in [-0.39, 0.29) is 0 Å². The molecule has 1 aromatic rings. The number of benzene rings is 1. The van der Waals surface area contributed by atoms with Gasteiger partial charge in [0, 0.05) is 24.8 Å². The van der Waals surface area contributed by atoms with Crippen molar-refractivity contribution in [3.63, 3.8) is 0 Å². The summed E-state index contributed by atoms with van der Waals surface area (Å²) >= 11 is 0. The molecule has 1 aromatic carbocycles. The molecule has 0 heterocycles. The minimum atomic E-state index is 0.646. The Morgan fingerprint density at radius 2 is 2.06 bits per heavy atom. The normalized spacial score (nSPS) is 16.5. The monoisotopic (exact) mass is 248 g/mol. The predicted octanol–water partition coefficient (Wildman–Crippen LogP) is 3.02. The average molecular weight is 248 g/mol. The first-order valence-corrected chi connectivity index (χ1v) is 7.05. The van der Waals surface area contributed by atoms with Gasteiger partial charge in [-0.2, -0.15) is 0 Å². The molecule has 0 aromatic heterocycles. The number of hydrogen-bond acceptors (Lipinski definition) is 3. The largest absolute Gasteiger partial charge is 0.493 e. The van der Waals surface area contributed by atoms with Gasteiger partial charge in [0.2, 0.25) is 0 Å². The molecule has 0 bridgehead atoms. The molecule has 0 atom stereocenters. The van der Waals surface area contributed by atoms with Crippen LogP contribution in [0, 0.1) is 5.92 Å². The van der Waals surface area contributed by atoms with E-state index in [9.17, 15) is 0 Å². The molecule has 0 saturated heterocycles. The first-order valence-electron chi connectivity index (χ1n) is 7.05. The van der Waals surface area contributed by atoms with Crippen LogP contribution in [-0.4, -0.2) is 19.7 Å². The zero-order valence-electron chi connectivity index (χ0n) is 11.0. The van der Waals surface area contributed by atoms with Gasteiger partial charge in [0.25, 0.3) is 0 Å². The van der Waals surface area contributed by atoms with E-state index >= 15 is 0 Å². The van der Waals surface area contributed by atoms with Crippen LogP contribution in [0.25, 0.3) is 0 Å². The van der Waals surface area contributed by atoms with E-state index in [1.54, 1.807) is 0 Å². The van der Waals surface area contributed by atoms with Gasteiger partial charge in [-0.1, -0.05) is 25.3 Å². The third-order valence-corrected chi connectivity index (χ3v) is 3.52. The van der Waals surface area contributed by atoms with Crippen LogP contribution >= 0.6 is 0 Å². The smallest absolute Gasteiger partial charge is 0.121 e. The number of rotatable bonds is 6. The van der Waals surface area contributed by atoms with Gasteiger partial charge in [0.1, 0.15) is 5.75 Å². The average Bonchev–Trinajstić information content (AvgIpc) is 2.44. The lowest BCUT2D eigenvalue weighted by Crippen LogP contribution is -2.15. The summed E-state index contributed by atoms with van der Waals surface area (Å²) < 4.78 is 5.89. The van der Waals surface area contributed by atoms with Crippen molar-refractivity contribution in [3.05, 3.63) is 24.3 Å². The second-order valence-electron chi connectivity index (χ2n) is 5.06. The zero-order chi connectivity index (χ0) is 12.6. The molecule has 3 N–H and O–H groups in total. The fraction of sp³-hybridized carbons (Fsp3) is 0.600. The molecule has 18 heavy (non-hydrogen) atoms. The lowest BCUT2D eigenvalue weighted by molar-refractivity contribution is 0.209. The molecule has 0 unspecified atom stereocenters. The Labute approximate surface area is 110 Å². The molecule has 1 aliphatic rings. The molecule has 0 aliphatic heterocycles. The van der Waals surface area contributed by atoms with Crippen LogP contribution in [-0.2, 0) is 0 Å². The highest BCUT2D eigenvalue weighted by Gasteiger charge is 2.13. The zero-order valence-corrected chi connectivity index (χ0v) is 11.0. The van der Waals surface area contributed by atoms with E-state index in [1.165, 1.54) is 32.1 Å². The molecule has 3 heteroatoms. The first kappa shape index (κ1) is 13.2. The number of ether oxygens (including phenoxy) is 1. The van der Waals surface area contributed by atoms with Crippen LogP contribution in [0.3, 0.4) is 0 Å². The van der Waals surface area contributed by atoms with Gasteiger partial charge < -0.3 is 15.8 Å². The third-order valence-electron chi connectivity index (χ3n) is 3.52. The Bertz CT molecular complexity index is 348. The Morgan fingerprint density at radius 3 is 2.83 bits per heavy atom. The fourth-order valence-electron chi connectivity index (χ4n) is 2.48. The number of anilines is 1. The molecule has 0 radical (unpaired) electrons. The molecular weight excluding hydrogens is 224 g/mol. The maximum absolute atomic E-state index is 5.89. The van der Waals surface area contributed by atoms with E-state index in [1.807, 2.05) is 18.2 Å². The van der Waals surface area contributed by atoms with Crippen molar-refractivity contribution in [3.8, 4) is 5.75 Å². The SMILES string of the molecule is NCCNc1cccc(OCC2CCCCC2)c1. The van der Waals surface area contributed by atoms with E-state index in [4.69, 9.17) is 10.5 Å². The second-order valence-corrected chi connectivity index (χ2v) is 5.06. The highest BCUT2D eigenvalue weighted by Crippen LogP contribution is 2.25. The van der Waals surface area contributed by atoms with E-state index in [0.717, 1.165) is 30.5 Å². The second kappa shape index (κ2) is 7.27. The van der Waals surface area contributed by atoms with Gasteiger partial charge in [-0.15, -0.1) is 0 Å². The van der Waals surface area contributed by atoms with E-state index < -0.39 is 0 Å². The van der Waals surface area contributed by atoms with E-state index in [2.05, 4.69) is 11.4 Å². The molecule has 100 valence electrons. The van der Waals surface area contributed by atoms with Crippen LogP contribution in [0.1, 0.15) is 32.1 Å². The van der Waals surface area contributed by atoms with Crippen LogP contribution in [0.2, 0.25) is 0 Å². The molecule has 3 nitrogen and oxygen atoms in total. The summed E-state index contributed by atoms with van der Waals surface area (Å²) in [7, 11) is 0. The summed E-state index contributed by atoms with van der Waals surface area (Å²) in [5.41, 5.74) is 6.56. The Morgan fingerprint density at radius 1 is 1.22 bits per heavy atom. The highest BCUT2D eigenvalue weighted by atomic mass is 16.5. The van der Waals surface area contributed by atoms with Crippen molar-refractivity contribution >= 4 is 5.69 Å². The number of nitrogens with two attached hydrogens (primary N) is 1. The first-order chi connectivity index (χ1) is 8.88. The lowest BCUT2D eigenvalue weighted by atomic mass is 9.90. The summed E-state index contributed by atoms with van der Waals surface area (Å²) in [5, 5.41) is 3.27. The Kier molecular flexibility index (Phi) is 5.34. The summed E-state index contributed by atoms with van der Waals surface area (Å²) in [5.74, 6) is 1.71. The molecule has 2 rings (SSSR count). The number of hydrogen-bond donors (Lipinski definition) is 2. The summed E-state index contributed by atoms with van der Waals surface area (Å²) in [4.78, 5) is 0.